The third-order valence-electron chi connectivity index (χ3n) is 6.39. The molecule has 0 aromatic heterocycles. The Bertz CT molecular complexity index is 753. The van der Waals surface area contributed by atoms with Crippen LogP contribution in [0.3, 0.4) is 0 Å². The van der Waals surface area contributed by atoms with Crippen molar-refractivity contribution in [2.24, 2.45) is 0 Å². The first-order chi connectivity index (χ1) is 14.1. The van der Waals surface area contributed by atoms with Crippen molar-refractivity contribution in [3.05, 3.63) is 84.2 Å². The first-order valence-electron chi connectivity index (χ1n) is 11.5. The molecule has 0 aliphatic carbocycles. The lowest BCUT2D eigenvalue weighted by molar-refractivity contribution is -0.0191. The third kappa shape index (κ3) is 4.52. The fraction of sp³-hybridized carbons (Fsp3) is 0.481. The topological polar surface area (TPSA) is 6.48 Å². The molecule has 2 aromatic carbocycles. The Balaban J connectivity index is 2.09. The first kappa shape index (κ1) is 21.5. The lowest BCUT2D eigenvalue weighted by atomic mass is 9.77. The van der Waals surface area contributed by atoms with Gasteiger partial charge in [0, 0.05) is 37.3 Å². The highest BCUT2D eigenvalue weighted by Crippen LogP contribution is 2.45. The SMILES string of the molecule is CCCCCN1C=CN(C(C)C)C1(Cc1ccccc1)C(CC)c1ccccc1. The highest BCUT2D eigenvalue weighted by Gasteiger charge is 2.50. The van der Waals surface area contributed by atoms with E-state index in [0.29, 0.717) is 12.0 Å². The number of benzene rings is 2. The van der Waals surface area contributed by atoms with Gasteiger partial charge >= 0.3 is 0 Å². The van der Waals surface area contributed by atoms with Crippen LogP contribution in [-0.2, 0) is 6.42 Å². The molecule has 0 amide bonds. The van der Waals surface area contributed by atoms with Crippen LogP contribution < -0.4 is 0 Å². The van der Waals surface area contributed by atoms with Gasteiger partial charge in [-0.2, -0.15) is 0 Å². The molecule has 0 radical (unpaired) electrons. The van der Waals surface area contributed by atoms with E-state index in [2.05, 4.69) is 111 Å². The van der Waals surface area contributed by atoms with Gasteiger partial charge in [0.2, 0.25) is 0 Å². The average molecular weight is 391 g/mol. The minimum absolute atomic E-state index is 0.0701. The molecule has 0 bridgehead atoms. The van der Waals surface area contributed by atoms with Gasteiger partial charge in [0.1, 0.15) is 5.66 Å². The van der Waals surface area contributed by atoms with E-state index >= 15 is 0 Å². The Hall–Kier alpha value is -2.22. The summed E-state index contributed by atoms with van der Waals surface area (Å²) in [5.41, 5.74) is 2.79. The van der Waals surface area contributed by atoms with Crippen molar-refractivity contribution in [1.29, 1.82) is 0 Å². The molecule has 29 heavy (non-hydrogen) atoms. The summed E-state index contributed by atoms with van der Waals surface area (Å²) in [6, 6.07) is 22.7. The molecule has 0 spiro atoms. The Morgan fingerprint density at radius 1 is 0.828 bits per heavy atom. The molecule has 2 unspecified atom stereocenters. The second-order valence-corrected chi connectivity index (χ2v) is 8.61. The first-order valence-corrected chi connectivity index (χ1v) is 11.5. The monoisotopic (exact) mass is 390 g/mol. The molecule has 0 saturated carbocycles. The maximum absolute atomic E-state index is 2.66. The van der Waals surface area contributed by atoms with Crippen LogP contribution in [-0.4, -0.2) is 28.0 Å². The zero-order valence-corrected chi connectivity index (χ0v) is 18.7. The molecular formula is C27H38N2. The van der Waals surface area contributed by atoms with E-state index in [1.165, 1.54) is 30.4 Å². The Labute approximate surface area is 178 Å². The summed E-state index contributed by atoms with van der Waals surface area (Å²) in [5.74, 6) is 0.433. The standard InChI is InChI=1S/C27H38N2/c1-5-7-14-19-28-20-21-29(23(3)4)27(28,22-24-15-10-8-11-16-24)26(6-2)25-17-12-9-13-18-25/h8-13,15-18,20-21,23,26H,5-7,14,19,22H2,1-4H3. The van der Waals surface area contributed by atoms with Crippen LogP contribution in [0.5, 0.6) is 0 Å². The maximum atomic E-state index is 2.66. The van der Waals surface area contributed by atoms with Crippen molar-refractivity contribution in [1.82, 2.24) is 9.80 Å². The number of unbranched alkanes of at least 4 members (excludes halogenated alkanes) is 2. The van der Waals surface area contributed by atoms with Crippen LogP contribution in [0.2, 0.25) is 0 Å². The van der Waals surface area contributed by atoms with Crippen molar-refractivity contribution in [3.63, 3.8) is 0 Å². The van der Waals surface area contributed by atoms with E-state index in [1.807, 2.05) is 0 Å². The van der Waals surface area contributed by atoms with Gasteiger partial charge in [-0.1, -0.05) is 87.4 Å². The number of rotatable bonds is 10. The molecule has 1 heterocycles. The van der Waals surface area contributed by atoms with Crippen LogP contribution in [0.25, 0.3) is 0 Å². The summed E-state index contributed by atoms with van der Waals surface area (Å²) in [6.07, 6.45) is 10.6. The summed E-state index contributed by atoms with van der Waals surface area (Å²) in [6.45, 7) is 10.4. The van der Waals surface area contributed by atoms with Crippen molar-refractivity contribution in [2.75, 3.05) is 6.54 Å². The molecule has 0 N–H and O–H groups in total. The van der Waals surface area contributed by atoms with Gasteiger partial charge in [0.05, 0.1) is 0 Å². The minimum atomic E-state index is -0.0701. The van der Waals surface area contributed by atoms with E-state index in [1.54, 1.807) is 0 Å². The van der Waals surface area contributed by atoms with Crippen LogP contribution >= 0.6 is 0 Å². The van der Waals surface area contributed by atoms with Gasteiger partial charge in [-0.15, -0.1) is 0 Å². The quantitative estimate of drug-likeness (QED) is 0.411. The van der Waals surface area contributed by atoms with Gasteiger partial charge in [0.25, 0.3) is 0 Å². The molecule has 0 fully saturated rings. The van der Waals surface area contributed by atoms with Crippen LogP contribution in [0, 0.1) is 0 Å². The second-order valence-electron chi connectivity index (χ2n) is 8.61. The average Bonchev–Trinajstić information content (AvgIpc) is 3.09. The minimum Gasteiger partial charge on any atom is -0.353 e. The molecule has 2 heteroatoms. The van der Waals surface area contributed by atoms with Gasteiger partial charge in [-0.05, 0) is 37.8 Å². The zero-order valence-electron chi connectivity index (χ0n) is 18.7. The normalized spacial score (nSPS) is 19.9. The van der Waals surface area contributed by atoms with E-state index in [0.717, 1.165) is 19.4 Å². The van der Waals surface area contributed by atoms with Gasteiger partial charge in [-0.3, -0.25) is 0 Å². The molecule has 1 aliphatic heterocycles. The summed E-state index contributed by atoms with van der Waals surface area (Å²) < 4.78 is 0. The number of hydrogen-bond donors (Lipinski definition) is 0. The van der Waals surface area contributed by atoms with E-state index in [9.17, 15) is 0 Å². The lowest BCUT2D eigenvalue weighted by Gasteiger charge is -2.53. The molecule has 2 aromatic rings. The van der Waals surface area contributed by atoms with Crippen molar-refractivity contribution < 1.29 is 0 Å². The van der Waals surface area contributed by atoms with E-state index in [4.69, 9.17) is 0 Å². The fourth-order valence-corrected chi connectivity index (χ4v) is 5.09. The number of nitrogens with zero attached hydrogens (tertiary/aromatic N) is 2. The summed E-state index contributed by atoms with van der Waals surface area (Å²) in [5, 5.41) is 0. The molecule has 156 valence electrons. The molecule has 3 rings (SSSR count). The summed E-state index contributed by atoms with van der Waals surface area (Å²) >= 11 is 0. The molecular weight excluding hydrogens is 352 g/mol. The van der Waals surface area contributed by atoms with Gasteiger partial charge in [-0.25, -0.2) is 0 Å². The fourth-order valence-electron chi connectivity index (χ4n) is 5.09. The largest absolute Gasteiger partial charge is 0.353 e. The van der Waals surface area contributed by atoms with Crippen molar-refractivity contribution in [3.8, 4) is 0 Å². The molecule has 0 saturated heterocycles. The van der Waals surface area contributed by atoms with Crippen LogP contribution in [0.1, 0.15) is 70.4 Å². The van der Waals surface area contributed by atoms with Crippen LogP contribution in [0.4, 0.5) is 0 Å². The number of hydrogen-bond acceptors (Lipinski definition) is 2. The van der Waals surface area contributed by atoms with Crippen LogP contribution in [0.15, 0.2) is 73.1 Å². The van der Waals surface area contributed by atoms with E-state index in [-0.39, 0.29) is 5.66 Å². The maximum Gasteiger partial charge on any atom is 0.123 e. The smallest absolute Gasteiger partial charge is 0.123 e. The summed E-state index contributed by atoms with van der Waals surface area (Å²) in [4.78, 5) is 5.30. The Morgan fingerprint density at radius 3 is 2.07 bits per heavy atom. The zero-order chi connectivity index (χ0) is 20.7. The van der Waals surface area contributed by atoms with Crippen molar-refractivity contribution in [2.45, 2.75) is 77.4 Å². The Kier molecular flexibility index (Phi) is 7.41. The third-order valence-corrected chi connectivity index (χ3v) is 6.39. The Morgan fingerprint density at radius 2 is 1.48 bits per heavy atom. The van der Waals surface area contributed by atoms with E-state index < -0.39 is 0 Å². The second kappa shape index (κ2) is 10.0. The molecule has 1 aliphatic rings. The van der Waals surface area contributed by atoms with Gasteiger partial charge < -0.3 is 9.80 Å². The molecule has 2 atom stereocenters. The highest BCUT2D eigenvalue weighted by molar-refractivity contribution is 5.30. The predicted octanol–water partition coefficient (Wildman–Crippen LogP) is 6.81. The summed E-state index contributed by atoms with van der Waals surface area (Å²) in [7, 11) is 0. The van der Waals surface area contributed by atoms with Crippen molar-refractivity contribution >= 4 is 0 Å². The molecule has 2 nitrogen and oxygen atoms in total. The highest BCUT2D eigenvalue weighted by atomic mass is 15.4. The predicted molar refractivity (Wildman–Crippen MR) is 125 cm³/mol. The van der Waals surface area contributed by atoms with Gasteiger partial charge in [0.15, 0.2) is 0 Å². The lowest BCUT2D eigenvalue weighted by Crippen LogP contribution is -2.60.